The van der Waals surface area contributed by atoms with E-state index in [0.29, 0.717) is 18.2 Å². The van der Waals surface area contributed by atoms with Crippen molar-refractivity contribution in [2.75, 3.05) is 11.9 Å². The first kappa shape index (κ1) is 16.2. The Bertz CT molecular complexity index is 560. The van der Waals surface area contributed by atoms with Gasteiger partial charge in [-0.05, 0) is 31.7 Å². The van der Waals surface area contributed by atoms with Crippen molar-refractivity contribution in [2.24, 2.45) is 5.92 Å². The monoisotopic (exact) mass is 311 g/mol. The van der Waals surface area contributed by atoms with E-state index >= 15 is 0 Å². The molecule has 2 unspecified atom stereocenters. The minimum atomic E-state index is -3.54. The third-order valence-electron chi connectivity index (χ3n) is 4.11. The number of nitrogens with zero attached hydrogens (tertiary/aromatic N) is 1. The number of pyridine rings is 1. The Balaban J connectivity index is 2.21. The molecule has 1 aromatic heterocycles. The van der Waals surface area contributed by atoms with Crippen LogP contribution in [0.2, 0.25) is 0 Å². The molecule has 1 heterocycles. The molecule has 118 valence electrons. The fourth-order valence-electron chi connectivity index (χ4n) is 2.86. The summed E-state index contributed by atoms with van der Waals surface area (Å²) in [5.41, 5.74) is 0.612. The van der Waals surface area contributed by atoms with Crippen molar-refractivity contribution in [3.8, 4) is 0 Å². The number of hydrogen-bond donors (Lipinski definition) is 2. The zero-order valence-electron chi connectivity index (χ0n) is 12.8. The first-order valence-electron chi connectivity index (χ1n) is 7.75. The van der Waals surface area contributed by atoms with E-state index in [1.165, 1.54) is 19.0 Å². The molecule has 0 bridgehead atoms. The van der Waals surface area contributed by atoms with Gasteiger partial charge in [-0.15, -0.1) is 0 Å². The number of nitrogens with one attached hydrogen (secondary N) is 2. The second-order valence-corrected chi connectivity index (χ2v) is 7.43. The van der Waals surface area contributed by atoms with Crippen molar-refractivity contribution < 1.29 is 8.42 Å². The summed E-state index contributed by atoms with van der Waals surface area (Å²) in [6, 6.07) is 1.72. The van der Waals surface area contributed by atoms with Crippen molar-refractivity contribution in [1.29, 1.82) is 0 Å². The highest BCUT2D eigenvalue weighted by atomic mass is 32.2. The second-order valence-electron chi connectivity index (χ2n) is 5.75. The van der Waals surface area contributed by atoms with Crippen LogP contribution in [0.15, 0.2) is 23.4 Å². The Hall–Kier alpha value is -1.14. The van der Waals surface area contributed by atoms with E-state index in [4.69, 9.17) is 0 Å². The Kier molecular flexibility index (Phi) is 5.58. The lowest BCUT2D eigenvalue weighted by atomic mass is 9.98. The number of anilines is 1. The van der Waals surface area contributed by atoms with Gasteiger partial charge >= 0.3 is 0 Å². The van der Waals surface area contributed by atoms with Gasteiger partial charge in [-0.3, -0.25) is 4.98 Å². The molecular formula is C15H25N3O2S. The number of rotatable bonds is 5. The van der Waals surface area contributed by atoms with Crippen LogP contribution < -0.4 is 10.0 Å². The standard InChI is InChI=1S/C15H25N3O2S/c1-3-17-14-9-10-16-11-15(14)21(19,20)18-13-8-6-4-5-7-12(13)2/h9-13,18H,3-8H2,1-2H3,(H,16,17). The van der Waals surface area contributed by atoms with E-state index in [2.05, 4.69) is 21.9 Å². The van der Waals surface area contributed by atoms with E-state index in [1.54, 1.807) is 12.3 Å². The third-order valence-corrected chi connectivity index (χ3v) is 5.63. The van der Waals surface area contributed by atoms with Crippen molar-refractivity contribution >= 4 is 15.7 Å². The predicted octanol–water partition coefficient (Wildman–Crippen LogP) is 2.76. The largest absolute Gasteiger partial charge is 0.384 e. The van der Waals surface area contributed by atoms with Gasteiger partial charge in [-0.25, -0.2) is 13.1 Å². The minimum Gasteiger partial charge on any atom is -0.384 e. The summed E-state index contributed by atoms with van der Waals surface area (Å²) in [6.45, 7) is 4.75. The molecule has 0 aromatic carbocycles. The highest BCUT2D eigenvalue weighted by molar-refractivity contribution is 7.89. The topological polar surface area (TPSA) is 71.1 Å². The van der Waals surface area contributed by atoms with Crippen LogP contribution in [0.3, 0.4) is 0 Å². The van der Waals surface area contributed by atoms with E-state index in [-0.39, 0.29) is 10.9 Å². The average Bonchev–Trinajstić information content (AvgIpc) is 2.65. The van der Waals surface area contributed by atoms with Crippen LogP contribution in [0.1, 0.15) is 46.0 Å². The molecule has 21 heavy (non-hydrogen) atoms. The summed E-state index contributed by atoms with van der Waals surface area (Å²) in [5, 5.41) is 3.08. The van der Waals surface area contributed by atoms with Gasteiger partial charge in [0, 0.05) is 25.0 Å². The number of hydrogen-bond acceptors (Lipinski definition) is 4. The van der Waals surface area contributed by atoms with Crippen LogP contribution in [0.25, 0.3) is 0 Å². The van der Waals surface area contributed by atoms with Gasteiger partial charge in [0.25, 0.3) is 0 Å². The van der Waals surface area contributed by atoms with E-state index < -0.39 is 10.0 Å². The zero-order valence-corrected chi connectivity index (χ0v) is 13.6. The average molecular weight is 311 g/mol. The molecule has 2 rings (SSSR count). The van der Waals surface area contributed by atoms with Crippen LogP contribution in [-0.2, 0) is 10.0 Å². The third kappa shape index (κ3) is 4.17. The molecule has 2 N–H and O–H groups in total. The van der Waals surface area contributed by atoms with Crippen LogP contribution in [0.4, 0.5) is 5.69 Å². The van der Waals surface area contributed by atoms with Gasteiger partial charge in [0.15, 0.2) is 0 Å². The Morgan fingerprint density at radius 3 is 2.81 bits per heavy atom. The summed E-state index contributed by atoms with van der Waals surface area (Å²) in [4.78, 5) is 4.20. The van der Waals surface area contributed by atoms with E-state index in [0.717, 1.165) is 19.3 Å². The van der Waals surface area contributed by atoms with Gasteiger partial charge < -0.3 is 5.32 Å². The summed E-state index contributed by atoms with van der Waals surface area (Å²) in [7, 11) is -3.54. The molecule has 5 nitrogen and oxygen atoms in total. The van der Waals surface area contributed by atoms with Crippen molar-refractivity contribution in [3.05, 3.63) is 18.5 Å². The van der Waals surface area contributed by atoms with Gasteiger partial charge in [-0.1, -0.05) is 26.2 Å². The van der Waals surface area contributed by atoms with Gasteiger partial charge in [0.1, 0.15) is 4.90 Å². The molecule has 1 aliphatic carbocycles. The molecule has 0 amide bonds. The van der Waals surface area contributed by atoms with Crippen molar-refractivity contribution in [3.63, 3.8) is 0 Å². The van der Waals surface area contributed by atoms with E-state index in [1.807, 2.05) is 6.92 Å². The van der Waals surface area contributed by atoms with Gasteiger partial charge in [-0.2, -0.15) is 0 Å². The van der Waals surface area contributed by atoms with Crippen LogP contribution in [0.5, 0.6) is 0 Å². The normalized spacial score (nSPS) is 23.5. The summed E-state index contributed by atoms with van der Waals surface area (Å²) in [6.07, 6.45) is 8.49. The molecule has 1 fully saturated rings. The summed E-state index contributed by atoms with van der Waals surface area (Å²) >= 11 is 0. The molecule has 1 saturated carbocycles. The highest BCUT2D eigenvalue weighted by Crippen LogP contribution is 2.26. The maximum atomic E-state index is 12.7. The fraction of sp³-hybridized carbons (Fsp3) is 0.667. The maximum Gasteiger partial charge on any atom is 0.244 e. The minimum absolute atomic E-state index is 0.0205. The Morgan fingerprint density at radius 1 is 1.29 bits per heavy atom. The Morgan fingerprint density at radius 2 is 2.05 bits per heavy atom. The van der Waals surface area contributed by atoms with Crippen molar-refractivity contribution in [1.82, 2.24) is 9.71 Å². The molecule has 0 spiro atoms. The quantitative estimate of drug-likeness (QED) is 0.820. The smallest absolute Gasteiger partial charge is 0.244 e. The lowest BCUT2D eigenvalue weighted by molar-refractivity contribution is 0.399. The lowest BCUT2D eigenvalue weighted by Crippen LogP contribution is -2.39. The summed E-state index contributed by atoms with van der Waals surface area (Å²) < 4.78 is 28.2. The number of aromatic nitrogens is 1. The molecule has 2 atom stereocenters. The highest BCUT2D eigenvalue weighted by Gasteiger charge is 2.27. The first-order chi connectivity index (χ1) is 10.0. The molecule has 0 aliphatic heterocycles. The fourth-order valence-corrected chi connectivity index (χ4v) is 4.37. The predicted molar refractivity (Wildman–Crippen MR) is 84.8 cm³/mol. The molecule has 1 aromatic rings. The molecule has 1 aliphatic rings. The van der Waals surface area contributed by atoms with Crippen LogP contribution in [0, 0.1) is 5.92 Å². The second kappa shape index (κ2) is 7.22. The van der Waals surface area contributed by atoms with Gasteiger partial charge in [0.2, 0.25) is 10.0 Å². The number of sulfonamides is 1. The van der Waals surface area contributed by atoms with Crippen LogP contribution >= 0.6 is 0 Å². The van der Waals surface area contributed by atoms with Crippen LogP contribution in [-0.4, -0.2) is 26.0 Å². The molecule has 0 radical (unpaired) electrons. The molecule has 0 saturated heterocycles. The Labute approximate surface area is 127 Å². The lowest BCUT2D eigenvalue weighted by Gasteiger charge is -2.23. The SMILES string of the molecule is CCNc1ccncc1S(=O)(=O)NC1CCCCCC1C. The first-order valence-corrected chi connectivity index (χ1v) is 9.23. The summed E-state index contributed by atoms with van der Waals surface area (Å²) in [5.74, 6) is 0.376. The zero-order chi connectivity index (χ0) is 15.3. The van der Waals surface area contributed by atoms with Crippen molar-refractivity contribution in [2.45, 2.75) is 56.9 Å². The molecular weight excluding hydrogens is 286 g/mol. The molecule has 6 heteroatoms. The van der Waals surface area contributed by atoms with Gasteiger partial charge in [0.05, 0.1) is 5.69 Å². The maximum absolute atomic E-state index is 12.7. The van der Waals surface area contributed by atoms with E-state index in [9.17, 15) is 8.42 Å².